The fourth-order valence-electron chi connectivity index (χ4n) is 2.57. The van der Waals surface area contributed by atoms with Crippen molar-refractivity contribution in [3.63, 3.8) is 0 Å². The van der Waals surface area contributed by atoms with Gasteiger partial charge in [-0.25, -0.2) is 0 Å². The predicted molar refractivity (Wildman–Crippen MR) is 97.3 cm³/mol. The van der Waals surface area contributed by atoms with Crippen molar-refractivity contribution < 1.29 is 0 Å². The number of hydrogen-bond acceptors (Lipinski definition) is 1. The van der Waals surface area contributed by atoms with Crippen LogP contribution in [0.4, 0.5) is 0 Å². The number of nitrogens with two attached hydrogens (primary N) is 1. The minimum atomic E-state index is 0.713. The van der Waals surface area contributed by atoms with Crippen molar-refractivity contribution in [2.75, 3.05) is 6.54 Å². The summed E-state index contributed by atoms with van der Waals surface area (Å²) in [7, 11) is 0. The van der Waals surface area contributed by atoms with E-state index in [1.165, 1.54) is 30.4 Å². The largest absolute Gasteiger partial charge is 0.330 e. The summed E-state index contributed by atoms with van der Waals surface area (Å²) in [4.78, 5) is 0. The van der Waals surface area contributed by atoms with Gasteiger partial charge in [0.1, 0.15) is 0 Å². The van der Waals surface area contributed by atoms with E-state index in [0.29, 0.717) is 5.92 Å². The van der Waals surface area contributed by atoms with Crippen LogP contribution < -0.4 is 5.73 Å². The van der Waals surface area contributed by atoms with E-state index in [4.69, 9.17) is 5.73 Å². The van der Waals surface area contributed by atoms with Crippen LogP contribution in [0.1, 0.15) is 52.9 Å². The van der Waals surface area contributed by atoms with Gasteiger partial charge in [-0.15, -0.1) is 0 Å². The molecule has 0 aromatic carbocycles. The van der Waals surface area contributed by atoms with E-state index in [1.54, 1.807) is 0 Å². The van der Waals surface area contributed by atoms with Crippen LogP contribution in [0.3, 0.4) is 0 Å². The van der Waals surface area contributed by atoms with Gasteiger partial charge in [0.05, 0.1) is 0 Å². The van der Waals surface area contributed by atoms with Crippen molar-refractivity contribution in [2.24, 2.45) is 11.7 Å². The summed E-state index contributed by atoms with van der Waals surface area (Å²) < 4.78 is 0. The van der Waals surface area contributed by atoms with Gasteiger partial charge in [-0.2, -0.15) is 0 Å². The number of allylic oxidation sites excluding steroid dienone is 8. The molecule has 118 valence electrons. The smallest absolute Gasteiger partial charge is 0.00772 e. The molecule has 0 saturated heterocycles. The summed E-state index contributed by atoms with van der Waals surface area (Å²) in [6.45, 7) is 15.2. The van der Waals surface area contributed by atoms with Crippen LogP contribution in [0.5, 0.6) is 0 Å². The molecule has 0 spiro atoms. The number of rotatable bonds is 11. The normalized spacial score (nSPS) is 14.5. The molecule has 1 atom stereocenters. The van der Waals surface area contributed by atoms with Crippen molar-refractivity contribution in [3.8, 4) is 0 Å². The molecule has 0 amide bonds. The van der Waals surface area contributed by atoms with Crippen LogP contribution in [-0.2, 0) is 0 Å². The molecule has 0 aliphatic carbocycles. The second-order valence-electron chi connectivity index (χ2n) is 5.47. The third-order valence-corrected chi connectivity index (χ3v) is 3.74. The maximum atomic E-state index is 5.62. The highest BCUT2D eigenvalue weighted by Gasteiger charge is 2.08. The lowest BCUT2D eigenvalue weighted by Crippen LogP contribution is -2.06. The number of hydrogen-bond donors (Lipinski definition) is 1. The highest BCUT2D eigenvalue weighted by Crippen LogP contribution is 2.22. The molecule has 0 saturated carbocycles. The fraction of sp³-hybridized carbons (Fsp3) is 0.500. The lowest BCUT2D eigenvalue weighted by Gasteiger charge is -2.15. The Bertz CT molecular complexity index is 396. The molecule has 0 bridgehead atoms. The summed E-state index contributed by atoms with van der Waals surface area (Å²) in [5.74, 6) is 0.713. The first-order valence-electron chi connectivity index (χ1n) is 8.14. The van der Waals surface area contributed by atoms with E-state index in [2.05, 4.69) is 51.3 Å². The molecule has 0 rings (SSSR count). The monoisotopic (exact) mass is 287 g/mol. The predicted octanol–water partition coefficient (Wildman–Crippen LogP) is 5.72. The molecular formula is C20H33N. The van der Waals surface area contributed by atoms with Gasteiger partial charge in [0, 0.05) is 0 Å². The summed E-state index contributed by atoms with van der Waals surface area (Å²) in [5, 5.41) is 0. The van der Waals surface area contributed by atoms with Gasteiger partial charge in [-0.05, 0) is 56.7 Å². The molecule has 0 aliphatic heterocycles. The third kappa shape index (κ3) is 8.52. The molecular weight excluding hydrogens is 254 g/mol. The maximum absolute atomic E-state index is 5.62. The van der Waals surface area contributed by atoms with Crippen molar-refractivity contribution in [1.29, 1.82) is 0 Å². The van der Waals surface area contributed by atoms with Crippen LogP contribution in [0, 0.1) is 5.92 Å². The van der Waals surface area contributed by atoms with Crippen LogP contribution in [0.25, 0.3) is 0 Å². The first kappa shape index (κ1) is 19.7. The van der Waals surface area contributed by atoms with Crippen LogP contribution in [0.2, 0.25) is 0 Å². The second kappa shape index (κ2) is 12.4. The third-order valence-electron chi connectivity index (χ3n) is 3.74. The van der Waals surface area contributed by atoms with E-state index in [1.807, 2.05) is 13.0 Å². The average molecular weight is 287 g/mol. The Labute approximate surface area is 132 Å². The fourth-order valence-corrected chi connectivity index (χ4v) is 2.57. The minimum absolute atomic E-state index is 0.713. The van der Waals surface area contributed by atoms with E-state index in [-0.39, 0.29) is 0 Å². The Morgan fingerprint density at radius 2 is 1.76 bits per heavy atom. The Balaban J connectivity index is 4.63. The molecule has 1 heteroatoms. The SMILES string of the molecule is C=CC(=C\C)/C(/C=C\C(=C)C[C@@H](CCC)CCCN)=C/C. The van der Waals surface area contributed by atoms with E-state index in [0.717, 1.165) is 25.0 Å². The van der Waals surface area contributed by atoms with Gasteiger partial charge < -0.3 is 5.73 Å². The second-order valence-corrected chi connectivity index (χ2v) is 5.47. The molecule has 2 N–H and O–H groups in total. The molecule has 0 aromatic rings. The standard InChI is InChI=1S/C20H33N/c1-6-11-18(12-10-15-21)16-17(5)13-14-20(9-4)19(7-2)8-3/h7-9,13-14,18H,2,5-6,10-12,15-16,21H2,1,3-4H3/b14-13-,19-8+,20-9+/t18-/m0/s1. The van der Waals surface area contributed by atoms with Gasteiger partial charge in [0.15, 0.2) is 0 Å². The lowest BCUT2D eigenvalue weighted by molar-refractivity contribution is 0.434. The zero-order valence-corrected chi connectivity index (χ0v) is 14.2. The van der Waals surface area contributed by atoms with Gasteiger partial charge in [0.2, 0.25) is 0 Å². The van der Waals surface area contributed by atoms with Crippen molar-refractivity contribution in [1.82, 2.24) is 0 Å². The Morgan fingerprint density at radius 3 is 2.24 bits per heavy atom. The minimum Gasteiger partial charge on any atom is -0.330 e. The molecule has 0 radical (unpaired) electrons. The molecule has 0 heterocycles. The van der Waals surface area contributed by atoms with Crippen molar-refractivity contribution >= 4 is 0 Å². The average Bonchev–Trinajstić information content (AvgIpc) is 2.49. The highest BCUT2D eigenvalue weighted by molar-refractivity contribution is 5.46. The van der Waals surface area contributed by atoms with Gasteiger partial charge >= 0.3 is 0 Å². The highest BCUT2D eigenvalue weighted by atomic mass is 14.5. The van der Waals surface area contributed by atoms with Crippen molar-refractivity contribution in [2.45, 2.75) is 52.9 Å². The Morgan fingerprint density at radius 1 is 1.10 bits per heavy atom. The zero-order valence-electron chi connectivity index (χ0n) is 14.2. The zero-order chi connectivity index (χ0) is 16.1. The summed E-state index contributed by atoms with van der Waals surface area (Å²) in [6.07, 6.45) is 16.3. The first-order chi connectivity index (χ1) is 10.1. The molecule has 0 unspecified atom stereocenters. The Kier molecular flexibility index (Phi) is 11.6. The van der Waals surface area contributed by atoms with Gasteiger partial charge in [0.25, 0.3) is 0 Å². The van der Waals surface area contributed by atoms with Gasteiger partial charge in [-0.1, -0.05) is 68.9 Å². The van der Waals surface area contributed by atoms with Crippen LogP contribution in [0.15, 0.2) is 60.3 Å². The molecule has 0 aliphatic rings. The maximum Gasteiger partial charge on any atom is -0.00772 e. The topological polar surface area (TPSA) is 26.0 Å². The summed E-state index contributed by atoms with van der Waals surface area (Å²) >= 11 is 0. The van der Waals surface area contributed by atoms with Crippen LogP contribution in [-0.4, -0.2) is 6.54 Å². The van der Waals surface area contributed by atoms with E-state index in [9.17, 15) is 0 Å². The summed E-state index contributed by atoms with van der Waals surface area (Å²) in [6, 6.07) is 0. The molecule has 0 fully saturated rings. The summed E-state index contributed by atoms with van der Waals surface area (Å²) in [5.41, 5.74) is 9.18. The molecule has 0 aromatic heterocycles. The van der Waals surface area contributed by atoms with E-state index < -0.39 is 0 Å². The van der Waals surface area contributed by atoms with Crippen LogP contribution >= 0.6 is 0 Å². The molecule has 21 heavy (non-hydrogen) atoms. The lowest BCUT2D eigenvalue weighted by atomic mass is 9.90. The van der Waals surface area contributed by atoms with E-state index >= 15 is 0 Å². The molecule has 1 nitrogen and oxygen atoms in total. The van der Waals surface area contributed by atoms with Gasteiger partial charge in [-0.3, -0.25) is 0 Å². The van der Waals surface area contributed by atoms with Crippen molar-refractivity contribution in [3.05, 3.63) is 60.3 Å². The Hall–Kier alpha value is -1.34. The first-order valence-corrected chi connectivity index (χ1v) is 8.14. The quantitative estimate of drug-likeness (QED) is 0.483.